The van der Waals surface area contributed by atoms with E-state index in [0.29, 0.717) is 17.9 Å². The third-order valence-corrected chi connectivity index (χ3v) is 5.83. The summed E-state index contributed by atoms with van der Waals surface area (Å²) in [6.07, 6.45) is -0.265. The zero-order valence-electron chi connectivity index (χ0n) is 19.3. The van der Waals surface area contributed by atoms with E-state index in [-0.39, 0.29) is 12.5 Å². The summed E-state index contributed by atoms with van der Waals surface area (Å²) in [5, 5.41) is 5.37. The molecule has 0 aliphatic heterocycles. The van der Waals surface area contributed by atoms with Crippen molar-refractivity contribution in [1.82, 2.24) is 10.6 Å². The molecule has 0 aromatic heterocycles. The molecule has 2 atom stereocenters. The zero-order chi connectivity index (χ0) is 24.1. The van der Waals surface area contributed by atoms with E-state index in [4.69, 9.17) is 9.47 Å². The molecular formula is C25H32N2O5S. The van der Waals surface area contributed by atoms with Crippen LogP contribution in [0.5, 0.6) is 0 Å². The number of alkyl carbamates (subject to hydrolysis) is 1. The summed E-state index contributed by atoms with van der Waals surface area (Å²) in [5.41, 5.74) is 1.95. The SMILES string of the molecule is COC(=O)[C@H](CC(C)C)NC(=O)[C@@H](CSCc1ccccc1)NC(=O)OCc1ccccc1. The Bertz CT molecular complexity index is 877. The van der Waals surface area contributed by atoms with Gasteiger partial charge in [-0.15, -0.1) is 0 Å². The monoisotopic (exact) mass is 472 g/mol. The number of ether oxygens (including phenoxy) is 2. The first-order valence-corrected chi connectivity index (χ1v) is 12.0. The van der Waals surface area contributed by atoms with Crippen LogP contribution in [0.3, 0.4) is 0 Å². The van der Waals surface area contributed by atoms with Crippen LogP contribution in [0.1, 0.15) is 31.4 Å². The van der Waals surface area contributed by atoms with Gasteiger partial charge in [-0.25, -0.2) is 9.59 Å². The fourth-order valence-corrected chi connectivity index (χ4v) is 4.08. The van der Waals surface area contributed by atoms with Crippen LogP contribution in [0.15, 0.2) is 60.7 Å². The molecule has 2 amide bonds. The van der Waals surface area contributed by atoms with Crippen molar-refractivity contribution in [3.63, 3.8) is 0 Å². The largest absolute Gasteiger partial charge is 0.467 e. The Balaban J connectivity index is 2.01. The minimum atomic E-state index is -0.874. The minimum Gasteiger partial charge on any atom is -0.467 e. The Labute approximate surface area is 199 Å². The number of benzene rings is 2. The van der Waals surface area contributed by atoms with E-state index in [1.807, 2.05) is 74.5 Å². The van der Waals surface area contributed by atoms with Gasteiger partial charge in [-0.2, -0.15) is 11.8 Å². The van der Waals surface area contributed by atoms with Crippen LogP contribution in [0.4, 0.5) is 4.79 Å². The number of hydrogen-bond acceptors (Lipinski definition) is 6. The summed E-state index contributed by atoms with van der Waals surface area (Å²) in [6.45, 7) is 4.00. The third-order valence-electron chi connectivity index (χ3n) is 4.73. The van der Waals surface area contributed by atoms with Gasteiger partial charge in [-0.3, -0.25) is 4.79 Å². The summed E-state index contributed by atoms with van der Waals surface area (Å²) in [4.78, 5) is 37.5. The Hall–Kier alpha value is -3.00. The van der Waals surface area contributed by atoms with E-state index < -0.39 is 30.1 Å². The molecule has 178 valence electrons. The molecule has 0 bridgehead atoms. The van der Waals surface area contributed by atoms with E-state index in [1.54, 1.807) is 0 Å². The van der Waals surface area contributed by atoms with Gasteiger partial charge >= 0.3 is 12.1 Å². The molecule has 0 saturated carbocycles. The highest BCUT2D eigenvalue weighted by Crippen LogP contribution is 2.14. The summed E-state index contributed by atoms with van der Waals surface area (Å²) in [6, 6.07) is 17.5. The molecule has 2 N–H and O–H groups in total. The topological polar surface area (TPSA) is 93.7 Å². The van der Waals surface area contributed by atoms with E-state index in [1.165, 1.54) is 18.9 Å². The number of thioether (sulfide) groups is 1. The number of carbonyl (C=O) groups is 3. The fraction of sp³-hybridized carbons (Fsp3) is 0.400. The maximum Gasteiger partial charge on any atom is 0.408 e. The van der Waals surface area contributed by atoms with E-state index >= 15 is 0 Å². The van der Waals surface area contributed by atoms with E-state index in [9.17, 15) is 14.4 Å². The fourth-order valence-electron chi connectivity index (χ4n) is 3.06. The second-order valence-electron chi connectivity index (χ2n) is 7.97. The Morgan fingerprint density at radius 1 is 0.879 bits per heavy atom. The molecule has 0 aliphatic rings. The number of esters is 1. The zero-order valence-corrected chi connectivity index (χ0v) is 20.1. The average molecular weight is 473 g/mol. The lowest BCUT2D eigenvalue weighted by molar-refractivity contribution is -0.145. The highest BCUT2D eigenvalue weighted by molar-refractivity contribution is 7.98. The second-order valence-corrected chi connectivity index (χ2v) is 9.00. The van der Waals surface area contributed by atoms with Gasteiger partial charge < -0.3 is 20.1 Å². The van der Waals surface area contributed by atoms with Crippen LogP contribution in [0, 0.1) is 5.92 Å². The first-order chi connectivity index (χ1) is 15.9. The molecule has 0 heterocycles. The van der Waals surface area contributed by atoms with Gasteiger partial charge in [0.05, 0.1) is 7.11 Å². The molecule has 7 nitrogen and oxygen atoms in total. The molecule has 33 heavy (non-hydrogen) atoms. The van der Waals surface area contributed by atoms with Crippen LogP contribution in [0.2, 0.25) is 0 Å². The van der Waals surface area contributed by atoms with Gasteiger partial charge in [0.1, 0.15) is 18.7 Å². The van der Waals surface area contributed by atoms with Crippen molar-refractivity contribution < 1.29 is 23.9 Å². The van der Waals surface area contributed by atoms with Crippen molar-refractivity contribution >= 4 is 29.7 Å². The van der Waals surface area contributed by atoms with Crippen molar-refractivity contribution in [3.8, 4) is 0 Å². The molecule has 0 radical (unpaired) electrons. The number of rotatable bonds is 12. The molecule has 2 rings (SSSR count). The second kappa shape index (κ2) is 14.2. The highest BCUT2D eigenvalue weighted by atomic mass is 32.2. The number of carbonyl (C=O) groups excluding carboxylic acids is 3. The molecule has 0 spiro atoms. The molecule has 0 unspecified atom stereocenters. The van der Waals surface area contributed by atoms with Crippen LogP contribution in [-0.2, 0) is 31.4 Å². The highest BCUT2D eigenvalue weighted by Gasteiger charge is 2.28. The molecule has 2 aromatic rings. The molecule has 8 heteroatoms. The van der Waals surface area contributed by atoms with Gasteiger partial charge in [-0.1, -0.05) is 74.5 Å². The third kappa shape index (κ3) is 9.99. The van der Waals surface area contributed by atoms with Crippen molar-refractivity contribution in [1.29, 1.82) is 0 Å². The minimum absolute atomic E-state index is 0.0936. The number of methoxy groups -OCH3 is 1. The number of hydrogen-bond donors (Lipinski definition) is 2. The smallest absolute Gasteiger partial charge is 0.408 e. The molecule has 0 aliphatic carbocycles. The Morgan fingerprint density at radius 3 is 2.06 bits per heavy atom. The van der Waals surface area contributed by atoms with Gasteiger partial charge in [0, 0.05) is 11.5 Å². The lowest BCUT2D eigenvalue weighted by Crippen LogP contribution is -2.53. The van der Waals surface area contributed by atoms with Gasteiger partial charge in [-0.05, 0) is 23.5 Å². The summed E-state index contributed by atoms with van der Waals surface area (Å²) in [5.74, 6) is 0.195. The van der Waals surface area contributed by atoms with E-state index in [0.717, 1.165) is 11.1 Å². The van der Waals surface area contributed by atoms with Crippen molar-refractivity contribution in [2.75, 3.05) is 12.9 Å². The Kier molecular flexibility index (Phi) is 11.3. The van der Waals surface area contributed by atoms with Crippen molar-refractivity contribution in [3.05, 3.63) is 71.8 Å². The predicted molar refractivity (Wildman–Crippen MR) is 130 cm³/mol. The molecule has 0 fully saturated rings. The Morgan fingerprint density at radius 2 is 1.48 bits per heavy atom. The summed E-state index contributed by atoms with van der Waals surface area (Å²) >= 11 is 1.51. The normalized spacial score (nSPS) is 12.5. The van der Waals surface area contributed by atoms with Crippen LogP contribution < -0.4 is 10.6 Å². The summed E-state index contributed by atoms with van der Waals surface area (Å²) < 4.78 is 10.1. The van der Waals surface area contributed by atoms with Gasteiger partial charge in [0.15, 0.2) is 0 Å². The van der Waals surface area contributed by atoms with Crippen molar-refractivity contribution in [2.45, 2.75) is 44.7 Å². The first-order valence-electron chi connectivity index (χ1n) is 10.9. The van der Waals surface area contributed by atoms with E-state index in [2.05, 4.69) is 10.6 Å². The standard InChI is InChI=1S/C25H32N2O5S/c1-18(2)14-21(24(29)31-3)26-23(28)22(17-33-16-20-12-8-5-9-13-20)27-25(30)32-15-19-10-6-4-7-11-19/h4-13,18,21-22H,14-17H2,1-3H3,(H,26,28)(H,27,30)/t21-,22+/m0/s1. The van der Waals surface area contributed by atoms with Crippen LogP contribution in [-0.4, -0.2) is 42.9 Å². The lowest BCUT2D eigenvalue weighted by Gasteiger charge is -2.23. The van der Waals surface area contributed by atoms with Crippen LogP contribution >= 0.6 is 11.8 Å². The van der Waals surface area contributed by atoms with Crippen LogP contribution in [0.25, 0.3) is 0 Å². The summed E-state index contributed by atoms with van der Waals surface area (Å²) in [7, 11) is 1.29. The predicted octanol–water partition coefficient (Wildman–Crippen LogP) is 3.92. The average Bonchev–Trinajstić information content (AvgIpc) is 2.82. The quantitative estimate of drug-likeness (QED) is 0.455. The van der Waals surface area contributed by atoms with Gasteiger partial charge in [0.2, 0.25) is 5.91 Å². The first kappa shape index (κ1) is 26.3. The van der Waals surface area contributed by atoms with Crippen molar-refractivity contribution in [2.24, 2.45) is 5.92 Å². The molecular weight excluding hydrogens is 440 g/mol. The maximum atomic E-state index is 13.0. The maximum absolute atomic E-state index is 13.0. The number of amides is 2. The lowest BCUT2D eigenvalue weighted by atomic mass is 10.0. The molecule has 2 aromatic carbocycles. The molecule has 0 saturated heterocycles. The number of nitrogens with one attached hydrogen (secondary N) is 2. The van der Waals surface area contributed by atoms with Gasteiger partial charge in [0.25, 0.3) is 0 Å².